The second-order valence-corrected chi connectivity index (χ2v) is 5.83. The van der Waals surface area contributed by atoms with Gasteiger partial charge in [-0.15, -0.1) is 0 Å². The number of fused-ring (bicyclic) bond motifs is 1. The highest BCUT2D eigenvalue weighted by Gasteiger charge is 2.18. The van der Waals surface area contributed by atoms with E-state index in [-0.39, 0.29) is 11.6 Å². The minimum atomic E-state index is -0.315. The van der Waals surface area contributed by atoms with Crippen LogP contribution < -0.4 is 0 Å². The lowest BCUT2D eigenvalue weighted by Gasteiger charge is -2.20. The normalized spacial score (nSPS) is 16.6. The molecule has 0 spiro atoms. The predicted octanol–water partition coefficient (Wildman–Crippen LogP) is 4.85. The third kappa shape index (κ3) is 2.62. The van der Waals surface area contributed by atoms with Gasteiger partial charge in [0, 0.05) is 29.1 Å². The molecule has 1 saturated carbocycles. The minimum absolute atomic E-state index is 0.0620. The number of carbonyl (C=O) groups excluding carboxylic acids is 1. The van der Waals surface area contributed by atoms with Crippen LogP contribution in [0.2, 0.25) is 0 Å². The SMILES string of the molecule is O=C(CCC1CCCCC1)c1c[nH]c2cccc(F)c12. The van der Waals surface area contributed by atoms with Crippen LogP contribution in [0.15, 0.2) is 24.4 Å². The van der Waals surface area contributed by atoms with Gasteiger partial charge in [0.15, 0.2) is 5.78 Å². The van der Waals surface area contributed by atoms with Gasteiger partial charge in [-0.25, -0.2) is 4.39 Å². The van der Waals surface area contributed by atoms with E-state index >= 15 is 0 Å². The fraction of sp³-hybridized carbons (Fsp3) is 0.471. The lowest BCUT2D eigenvalue weighted by molar-refractivity contribution is 0.0971. The second-order valence-electron chi connectivity index (χ2n) is 5.83. The Morgan fingerprint density at radius 1 is 1.25 bits per heavy atom. The van der Waals surface area contributed by atoms with Crippen LogP contribution in [0.5, 0.6) is 0 Å². The minimum Gasteiger partial charge on any atom is -0.360 e. The molecular weight excluding hydrogens is 253 g/mol. The molecule has 20 heavy (non-hydrogen) atoms. The first-order chi connectivity index (χ1) is 9.75. The van der Waals surface area contributed by atoms with Gasteiger partial charge in [0.1, 0.15) is 5.82 Å². The van der Waals surface area contributed by atoms with E-state index in [1.165, 1.54) is 38.2 Å². The molecule has 1 aliphatic rings. The van der Waals surface area contributed by atoms with Crippen molar-refractivity contribution in [2.24, 2.45) is 5.92 Å². The highest BCUT2D eigenvalue weighted by molar-refractivity contribution is 6.08. The van der Waals surface area contributed by atoms with Crippen molar-refractivity contribution in [1.29, 1.82) is 0 Å². The molecule has 1 aromatic heterocycles. The Kier molecular flexibility index (Phi) is 3.86. The van der Waals surface area contributed by atoms with Crippen molar-refractivity contribution in [3.63, 3.8) is 0 Å². The predicted molar refractivity (Wildman–Crippen MR) is 78.4 cm³/mol. The van der Waals surface area contributed by atoms with E-state index in [0.29, 0.717) is 28.8 Å². The first kappa shape index (κ1) is 13.3. The van der Waals surface area contributed by atoms with E-state index in [9.17, 15) is 9.18 Å². The first-order valence-electron chi connectivity index (χ1n) is 7.54. The summed E-state index contributed by atoms with van der Waals surface area (Å²) in [7, 11) is 0. The van der Waals surface area contributed by atoms with Gasteiger partial charge in [0.05, 0.1) is 0 Å². The Labute approximate surface area is 118 Å². The van der Waals surface area contributed by atoms with E-state index in [1.54, 1.807) is 18.3 Å². The Morgan fingerprint density at radius 3 is 2.85 bits per heavy atom. The third-order valence-electron chi connectivity index (χ3n) is 4.46. The third-order valence-corrected chi connectivity index (χ3v) is 4.46. The molecular formula is C17H20FNO. The van der Waals surface area contributed by atoms with Crippen LogP contribution in [0.4, 0.5) is 4.39 Å². The van der Waals surface area contributed by atoms with Crippen molar-refractivity contribution < 1.29 is 9.18 Å². The van der Waals surface area contributed by atoms with Gasteiger partial charge in [-0.3, -0.25) is 4.79 Å². The number of benzene rings is 1. The van der Waals surface area contributed by atoms with Crippen molar-refractivity contribution in [2.45, 2.75) is 44.9 Å². The van der Waals surface area contributed by atoms with Crippen LogP contribution in [-0.4, -0.2) is 10.8 Å². The molecule has 0 bridgehead atoms. The number of aromatic nitrogens is 1. The molecule has 1 heterocycles. The molecule has 2 aromatic rings. The quantitative estimate of drug-likeness (QED) is 0.793. The standard InChI is InChI=1S/C17H20FNO/c18-14-7-4-8-15-17(14)13(11-19-15)16(20)10-9-12-5-2-1-3-6-12/h4,7-8,11-12,19H,1-3,5-6,9-10H2. The summed E-state index contributed by atoms with van der Waals surface area (Å²) in [6.45, 7) is 0. The number of H-pyrrole nitrogens is 1. The summed E-state index contributed by atoms with van der Waals surface area (Å²) in [4.78, 5) is 15.3. The first-order valence-corrected chi connectivity index (χ1v) is 7.54. The number of nitrogens with one attached hydrogen (secondary N) is 1. The summed E-state index contributed by atoms with van der Waals surface area (Å²) >= 11 is 0. The van der Waals surface area contributed by atoms with Crippen LogP contribution in [0.25, 0.3) is 10.9 Å². The van der Waals surface area contributed by atoms with Gasteiger partial charge in [0.25, 0.3) is 0 Å². The molecule has 1 fully saturated rings. The Bertz CT molecular complexity index is 610. The van der Waals surface area contributed by atoms with Gasteiger partial charge in [-0.05, 0) is 24.5 Å². The van der Waals surface area contributed by atoms with Gasteiger partial charge in [-0.2, -0.15) is 0 Å². The van der Waals surface area contributed by atoms with E-state index in [1.807, 2.05) is 0 Å². The molecule has 0 saturated heterocycles. The molecule has 0 unspecified atom stereocenters. The lowest BCUT2D eigenvalue weighted by atomic mass is 9.85. The lowest BCUT2D eigenvalue weighted by Crippen LogP contribution is -2.09. The van der Waals surface area contributed by atoms with E-state index in [2.05, 4.69) is 4.98 Å². The average Bonchev–Trinajstić information content (AvgIpc) is 2.91. The molecule has 1 N–H and O–H groups in total. The molecule has 1 aromatic carbocycles. The van der Waals surface area contributed by atoms with Gasteiger partial charge in [0.2, 0.25) is 0 Å². The summed E-state index contributed by atoms with van der Waals surface area (Å²) in [5.74, 6) is 0.430. The number of Topliss-reactive ketones (excluding diaryl/α,β-unsaturated/α-hetero) is 1. The number of halogens is 1. The highest BCUT2D eigenvalue weighted by atomic mass is 19.1. The van der Waals surface area contributed by atoms with Gasteiger partial charge in [-0.1, -0.05) is 38.2 Å². The van der Waals surface area contributed by atoms with Crippen molar-refractivity contribution in [3.05, 3.63) is 35.8 Å². The maximum absolute atomic E-state index is 13.9. The molecule has 0 aliphatic heterocycles. The molecule has 2 nitrogen and oxygen atoms in total. The fourth-order valence-electron chi connectivity index (χ4n) is 3.31. The summed E-state index contributed by atoms with van der Waals surface area (Å²) < 4.78 is 13.9. The smallest absolute Gasteiger partial charge is 0.165 e. The average molecular weight is 273 g/mol. The Balaban J connectivity index is 1.72. The monoisotopic (exact) mass is 273 g/mol. The highest BCUT2D eigenvalue weighted by Crippen LogP contribution is 2.29. The van der Waals surface area contributed by atoms with Gasteiger partial charge < -0.3 is 4.98 Å². The maximum atomic E-state index is 13.9. The number of carbonyl (C=O) groups is 1. The van der Waals surface area contributed by atoms with E-state index in [4.69, 9.17) is 0 Å². The molecule has 3 heteroatoms. The van der Waals surface area contributed by atoms with Gasteiger partial charge >= 0.3 is 0 Å². The van der Waals surface area contributed by atoms with Crippen molar-refractivity contribution in [2.75, 3.05) is 0 Å². The zero-order valence-electron chi connectivity index (χ0n) is 11.6. The number of rotatable bonds is 4. The fourth-order valence-corrected chi connectivity index (χ4v) is 3.31. The topological polar surface area (TPSA) is 32.9 Å². The van der Waals surface area contributed by atoms with Crippen LogP contribution in [0, 0.1) is 11.7 Å². The summed E-state index contributed by atoms with van der Waals surface area (Å²) in [6, 6.07) is 4.87. The zero-order valence-corrected chi connectivity index (χ0v) is 11.6. The van der Waals surface area contributed by atoms with Crippen LogP contribution in [0.3, 0.4) is 0 Å². The van der Waals surface area contributed by atoms with Crippen molar-refractivity contribution >= 4 is 16.7 Å². The summed E-state index contributed by atoms with van der Waals surface area (Å²) in [5.41, 5.74) is 1.21. The van der Waals surface area contributed by atoms with E-state index in [0.717, 1.165) is 6.42 Å². The van der Waals surface area contributed by atoms with Crippen LogP contribution in [-0.2, 0) is 0 Å². The molecule has 3 rings (SSSR count). The number of aromatic amines is 1. The molecule has 1 aliphatic carbocycles. The zero-order chi connectivity index (χ0) is 13.9. The number of hydrogen-bond donors (Lipinski definition) is 1. The summed E-state index contributed by atoms with van der Waals surface area (Å²) in [6.07, 6.45) is 9.53. The molecule has 0 amide bonds. The number of ketones is 1. The summed E-state index contributed by atoms with van der Waals surface area (Å²) in [5, 5.41) is 0.446. The van der Waals surface area contributed by atoms with Crippen molar-refractivity contribution in [3.8, 4) is 0 Å². The largest absolute Gasteiger partial charge is 0.360 e. The van der Waals surface area contributed by atoms with E-state index < -0.39 is 0 Å². The Morgan fingerprint density at radius 2 is 2.05 bits per heavy atom. The second kappa shape index (κ2) is 5.78. The van der Waals surface area contributed by atoms with Crippen molar-refractivity contribution in [1.82, 2.24) is 4.98 Å². The van der Waals surface area contributed by atoms with Crippen LogP contribution in [0.1, 0.15) is 55.3 Å². The molecule has 0 atom stereocenters. The molecule has 106 valence electrons. The molecule has 0 radical (unpaired) electrons. The van der Waals surface area contributed by atoms with Crippen LogP contribution >= 0.6 is 0 Å². The Hall–Kier alpha value is -1.64. The maximum Gasteiger partial charge on any atom is 0.165 e. The number of hydrogen-bond acceptors (Lipinski definition) is 1.